The van der Waals surface area contributed by atoms with E-state index in [1.165, 1.54) is 0 Å². The average molecular weight is 271 g/mol. The van der Waals surface area contributed by atoms with E-state index in [4.69, 9.17) is 10.8 Å². The highest BCUT2D eigenvalue weighted by atomic mass is 16.4. The van der Waals surface area contributed by atoms with Crippen molar-refractivity contribution in [3.8, 4) is 0 Å². The van der Waals surface area contributed by atoms with Crippen molar-refractivity contribution >= 4 is 17.9 Å². The minimum absolute atomic E-state index is 0.00297. The summed E-state index contributed by atoms with van der Waals surface area (Å²) in [7, 11) is 0. The number of hydrogen-bond acceptors (Lipinski definition) is 3. The molecule has 0 aromatic rings. The van der Waals surface area contributed by atoms with Crippen LogP contribution in [0.4, 0.5) is 4.79 Å². The lowest BCUT2D eigenvalue weighted by molar-refractivity contribution is -0.139. The van der Waals surface area contributed by atoms with Crippen molar-refractivity contribution in [3.05, 3.63) is 0 Å². The fourth-order valence-electron chi connectivity index (χ4n) is 1.85. The first-order valence-electron chi connectivity index (χ1n) is 6.44. The molecule has 3 amide bonds. The molecule has 0 saturated heterocycles. The van der Waals surface area contributed by atoms with Crippen molar-refractivity contribution < 1.29 is 19.5 Å². The molecule has 7 nitrogen and oxygen atoms in total. The van der Waals surface area contributed by atoms with Gasteiger partial charge in [-0.1, -0.05) is 6.92 Å². The number of aliphatic carboxylic acids is 1. The summed E-state index contributed by atoms with van der Waals surface area (Å²) in [5.41, 5.74) is 5.15. The van der Waals surface area contributed by atoms with Crippen molar-refractivity contribution in [3.63, 3.8) is 0 Å². The zero-order valence-corrected chi connectivity index (χ0v) is 11.1. The van der Waals surface area contributed by atoms with Gasteiger partial charge in [0, 0.05) is 13.0 Å². The van der Waals surface area contributed by atoms with E-state index in [9.17, 15) is 14.4 Å². The zero-order chi connectivity index (χ0) is 14.5. The second-order valence-electron chi connectivity index (χ2n) is 5.08. The molecule has 1 fully saturated rings. The first kappa shape index (κ1) is 15.3. The fourth-order valence-corrected chi connectivity index (χ4v) is 1.85. The molecule has 1 atom stereocenters. The van der Waals surface area contributed by atoms with Crippen molar-refractivity contribution in [1.82, 2.24) is 10.6 Å². The first-order valence-corrected chi connectivity index (χ1v) is 6.44. The van der Waals surface area contributed by atoms with Crippen LogP contribution in [-0.4, -0.2) is 35.6 Å². The number of carboxylic acid groups (broad SMARTS) is 1. The molecule has 19 heavy (non-hydrogen) atoms. The van der Waals surface area contributed by atoms with E-state index < -0.39 is 23.9 Å². The average Bonchev–Trinajstić information content (AvgIpc) is 3.12. The van der Waals surface area contributed by atoms with E-state index in [1.54, 1.807) is 0 Å². The molecule has 108 valence electrons. The molecule has 0 aromatic heterocycles. The topological polar surface area (TPSA) is 122 Å². The highest BCUT2D eigenvalue weighted by Crippen LogP contribution is 2.47. The lowest BCUT2D eigenvalue weighted by Crippen LogP contribution is -2.47. The Morgan fingerprint density at radius 3 is 2.42 bits per heavy atom. The fraction of sp³-hybridized carbons (Fsp3) is 0.750. The molecule has 0 unspecified atom stereocenters. The van der Waals surface area contributed by atoms with Gasteiger partial charge in [-0.05, 0) is 31.1 Å². The summed E-state index contributed by atoms with van der Waals surface area (Å²) in [5, 5.41) is 13.9. The predicted molar refractivity (Wildman–Crippen MR) is 68.3 cm³/mol. The number of carbonyl (C=O) groups excluding carboxylic acids is 2. The summed E-state index contributed by atoms with van der Waals surface area (Å²) in [5.74, 6) is -1.76. The molecule has 0 bridgehead atoms. The maximum absolute atomic E-state index is 11.6. The molecule has 1 rings (SSSR count). The second-order valence-corrected chi connectivity index (χ2v) is 5.08. The Balaban J connectivity index is 2.34. The maximum Gasteiger partial charge on any atom is 0.326 e. The molecule has 1 saturated carbocycles. The molecule has 7 heteroatoms. The van der Waals surface area contributed by atoms with Gasteiger partial charge in [0.2, 0.25) is 5.91 Å². The monoisotopic (exact) mass is 271 g/mol. The highest BCUT2D eigenvalue weighted by molar-refractivity contribution is 5.83. The summed E-state index contributed by atoms with van der Waals surface area (Å²) >= 11 is 0. The number of nitrogens with one attached hydrogen (secondary N) is 2. The van der Waals surface area contributed by atoms with Crippen LogP contribution >= 0.6 is 0 Å². The Labute approximate surface area is 111 Å². The highest BCUT2D eigenvalue weighted by Gasteiger charge is 2.40. The normalized spacial score (nSPS) is 17.3. The molecule has 1 aliphatic carbocycles. The molecule has 0 aliphatic heterocycles. The van der Waals surface area contributed by atoms with Crippen molar-refractivity contribution in [2.24, 2.45) is 11.1 Å². The van der Waals surface area contributed by atoms with Crippen LogP contribution in [0.1, 0.15) is 39.0 Å². The Morgan fingerprint density at radius 1 is 1.37 bits per heavy atom. The van der Waals surface area contributed by atoms with Crippen LogP contribution in [0, 0.1) is 5.41 Å². The third-order valence-electron chi connectivity index (χ3n) is 3.61. The number of urea groups is 1. The third kappa shape index (κ3) is 5.15. The quantitative estimate of drug-likeness (QED) is 0.503. The van der Waals surface area contributed by atoms with Gasteiger partial charge in [0.05, 0.1) is 0 Å². The van der Waals surface area contributed by atoms with Crippen LogP contribution in [0.5, 0.6) is 0 Å². The van der Waals surface area contributed by atoms with Crippen molar-refractivity contribution in [2.45, 2.75) is 45.1 Å². The largest absolute Gasteiger partial charge is 0.480 e. The lowest BCUT2D eigenvalue weighted by atomic mass is 10.0. The van der Waals surface area contributed by atoms with E-state index in [2.05, 4.69) is 17.6 Å². The molecule has 1 aliphatic rings. The van der Waals surface area contributed by atoms with Crippen LogP contribution < -0.4 is 16.4 Å². The molecule has 5 N–H and O–H groups in total. The number of carboxylic acids is 1. The van der Waals surface area contributed by atoms with Crippen LogP contribution in [0.2, 0.25) is 0 Å². The predicted octanol–water partition coefficient (Wildman–Crippen LogP) is 0.195. The number of carbonyl (C=O) groups is 3. The summed E-state index contributed by atoms with van der Waals surface area (Å²) < 4.78 is 0. The number of nitrogens with two attached hydrogens (primary N) is 1. The van der Waals surface area contributed by atoms with Gasteiger partial charge in [-0.3, -0.25) is 4.79 Å². The SMILES string of the molecule is CCC1(CNC(=O)N[C@H](CCC(N)=O)C(=O)O)CC1. The standard InChI is InChI=1S/C12H21N3O4/c1-2-12(5-6-12)7-14-11(19)15-8(10(17)18)3-4-9(13)16/h8H,2-7H2,1H3,(H2,13,16)(H,17,18)(H2,14,15,19)/t8-/m1/s1. The zero-order valence-electron chi connectivity index (χ0n) is 11.1. The van der Waals surface area contributed by atoms with E-state index in [0.717, 1.165) is 19.3 Å². The number of amides is 3. The van der Waals surface area contributed by atoms with Crippen LogP contribution in [0.15, 0.2) is 0 Å². The summed E-state index contributed by atoms with van der Waals surface area (Å²) in [6.07, 6.45) is 3.10. The maximum atomic E-state index is 11.6. The minimum Gasteiger partial charge on any atom is -0.480 e. The van der Waals surface area contributed by atoms with Crippen LogP contribution in [-0.2, 0) is 9.59 Å². The smallest absolute Gasteiger partial charge is 0.326 e. The first-order chi connectivity index (χ1) is 8.88. The van der Waals surface area contributed by atoms with Gasteiger partial charge < -0.3 is 21.5 Å². The number of hydrogen-bond donors (Lipinski definition) is 4. The molecule has 0 heterocycles. The van der Waals surface area contributed by atoms with Gasteiger partial charge in [0.25, 0.3) is 0 Å². The lowest BCUT2D eigenvalue weighted by Gasteiger charge is -2.17. The minimum atomic E-state index is -1.17. The number of primary amides is 1. The molecular weight excluding hydrogens is 250 g/mol. The van der Waals surface area contributed by atoms with E-state index >= 15 is 0 Å². The molecular formula is C12H21N3O4. The van der Waals surface area contributed by atoms with Gasteiger partial charge in [0.15, 0.2) is 0 Å². The van der Waals surface area contributed by atoms with Gasteiger partial charge in [-0.15, -0.1) is 0 Å². The van der Waals surface area contributed by atoms with Crippen LogP contribution in [0.25, 0.3) is 0 Å². The van der Waals surface area contributed by atoms with E-state index in [1.807, 2.05) is 0 Å². The molecule has 0 radical (unpaired) electrons. The Morgan fingerprint density at radius 2 is 2.00 bits per heavy atom. The summed E-state index contributed by atoms with van der Waals surface area (Å²) in [6, 6.07) is -1.61. The van der Waals surface area contributed by atoms with Gasteiger partial charge in [0.1, 0.15) is 6.04 Å². The summed E-state index contributed by atoms with van der Waals surface area (Å²) in [6.45, 7) is 2.62. The van der Waals surface area contributed by atoms with Crippen molar-refractivity contribution in [2.75, 3.05) is 6.54 Å². The van der Waals surface area contributed by atoms with Gasteiger partial charge >= 0.3 is 12.0 Å². The Bertz CT molecular complexity index is 366. The van der Waals surface area contributed by atoms with Crippen LogP contribution in [0.3, 0.4) is 0 Å². The van der Waals surface area contributed by atoms with Gasteiger partial charge in [-0.25, -0.2) is 9.59 Å². The summed E-state index contributed by atoms with van der Waals surface area (Å²) in [4.78, 5) is 33.1. The number of rotatable bonds is 8. The molecule has 0 aromatic carbocycles. The van der Waals surface area contributed by atoms with E-state index in [0.29, 0.717) is 6.54 Å². The van der Waals surface area contributed by atoms with Gasteiger partial charge in [-0.2, -0.15) is 0 Å². The third-order valence-corrected chi connectivity index (χ3v) is 3.61. The van der Waals surface area contributed by atoms with Crippen molar-refractivity contribution in [1.29, 1.82) is 0 Å². The Hall–Kier alpha value is -1.79. The second kappa shape index (κ2) is 6.40. The molecule has 0 spiro atoms. The van der Waals surface area contributed by atoms with E-state index in [-0.39, 0.29) is 18.3 Å². The Kier molecular flexibility index (Phi) is 5.14.